The summed E-state index contributed by atoms with van der Waals surface area (Å²) >= 11 is 0. The summed E-state index contributed by atoms with van der Waals surface area (Å²) in [4.78, 5) is 7.15. The molecule has 0 bridgehead atoms. The van der Waals surface area contributed by atoms with E-state index in [1.807, 2.05) is 6.20 Å². The van der Waals surface area contributed by atoms with E-state index in [1.165, 1.54) is 50.0 Å². The molecule has 1 aliphatic carbocycles. The van der Waals surface area contributed by atoms with Gasteiger partial charge < -0.3 is 5.32 Å². The van der Waals surface area contributed by atoms with Gasteiger partial charge in [0.15, 0.2) is 0 Å². The molecule has 1 unspecified atom stereocenters. The maximum atomic E-state index is 4.61. The van der Waals surface area contributed by atoms with Crippen molar-refractivity contribution < 1.29 is 0 Å². The summed E-state index contributed by atoms with van der Waals surface area (Å²) in [5.74, 6) is 0.843. The Hall–Kier alpha value is -0.930. The average Bonchev–Trinajstić information content (AvgIpc) is 3.22. The van der Waals surface area contributed by atoms with Crippen molar-refractivity contribution in [3.05, 3.63) is 29.6 Å². The molecule has 3 rings (SSSR count). The summed E-state index contributed by atoms with van der Waals surface area (Å²) < 4.78 is 0. The number of pyridine rings is 1. The van der Waals surface area contributed by atoms with E-state index in [0.717, 1.165) is 25.0 Å². The summed E-state index contributed by atoms with van der Waals surface area (Å²) in [5, 5.41) is 3.53. The molecule has 2 fully saturated rings. The molecule has 1 atom stereocenters. The molecule has 1 saturated carbocycles. The third-order valence-corrected chi connectivity index (χ3v) is 4.18. The minimum Gasteiger partial charge on any atom is -0.310 e. The first-order valence-corrected chi connectivity index (χ1v) is 7.69. The number of aromatic nitrogens is 1. The second-order valence-corrected chi connectivity index (χ2v) is 6.30. The molecule has 1 aromatic rings. The van der Waals surface area contributed by atoms with Crippen LogP contribution in [0.1, 0.15) is 43.9 Å². The number of nitrogens with one attached hydrogen (secondary N) is 1. The molecule has 104 valence electrons. The van der Waals surface area contributed by atoms with Gasteiger partial charge in [-0.25, -0.2) is 0 Å². The van der Waals surface area contributed by atoms with Gasteiger partial charge in [0.2, 0.25) is 0 Å². The van der Waals surface area contributed by atoms with E-state index >= 15 is 0 Å². The molecule has 1 aromatic heterocycles. The van der Waals surface area contributed by atoms with E-state index in [9.17, 15) is 0 Å². The summed E-state index contributed by atoms with van der Waals surface area (Å²) in [6, 6.07) is 5.20. The molecule has 0 amide bonds. The number of likely N-dealkylation sites (tertiary alicyclic amines) is 1. The molecule has 2 heterocycles. The molecule has 3 heteroatoms. The van der Waals surface area contributed by atoms with Crippen LogP contribution in [0.5, 0.6) is 0 Å². The van der Waals surface area contributed by atoms with Crippen LogP contribution in [0.3, 0.4) is 0 Å². The van der Waals surface area contributed by atoms with E-state index in [2.05, 4.69) is 34.3 Å². The van der Waals surface area contributed by atoms with Crippen LogP contribution >= 0.6 is 0 Å². The third-order valence-electron chi connectivity index (χ3n) is 4.18. The van der Waals surface area contributed by atoms with Gasteiger partial charge in [-0.2, -0.15) is 0 Å². The Labute approximate surface area is 116 Å². The fourth-order valence-corrected chi connectivity index (χ4v) is 2.86. The smallest absolute Gasteiger partial charge is 0.0544 e. The van der Waals surface area contributed by atoms with Gasteiger partial charge in [-0.3, -0.25) is 9.88 Å². The lowest BCUT2D eigenvalue weighted by Gasteiger charge is -2.30. The minimum atomic E-state index is 0.773. The van der Waals surface area contributed by atoms with E-state index in [1.54, 1.807) is 0 Å². The van der Waals surface area contributed by atoms with E-state index in [-0.39, 0.29) is 0 Å². The number of hydrogen-bond donors (Lipinski definition) is 1. The Morgan fingerprint density at radius 2 is 2.21 bits per heavy atom. The highest BCUT2D eigenvalue weighted by molar-refractivity contribution is 5.14. The average molecular weight is 259 g/mol. The first-order chi connectivity index (χ1) is 9.29. The van der Waals surface area contributed by atoms with Crippen molar-refractivity contribution >= 4 is 0 Å². The number of nitrogens with zero attached hydrogens (tertiary/aromatic N) is 2. The molecule has 0 aromatic carbocycles. The second-order valence-electron chi connectivity index (χ2n) is 6.30. The Balaban J connectivity index is 1.50. The predicted octanol–water partition coefficient (Wildman–Crippen LogP) is 2.57. The molecule has 3 nitrogen and oxygen atoms in total. The van der Waals surface area contributed by atoms with E-state index in [0.29, 0.717) is 0 Å². The van der Waals surface area contributed by atoms with E-state index < -0.39 is 0 Å². The maximum absolute atomic E-state index is 4.61. The Kier molecular flexibility index (Phi) is 4.14. The van der Waals surface area contributed by atoms with Crippen molar-refractivity contribution in [2.75, 3.05) is 13.1 Å². The zero-order valence-electron chi connectivity index (χ0n) is 11.9. The highest BCUT2D eigenvalue weighted by atomic mass is 15.1. The van der Waals surface area contributed by atoms with Gasteiger partial charge in [-0.15, -0.1) is 0 Å². The van der Waals surface area contributed by atoms with Crippen LogP contribution < -0.4 is 5.32 Å². The topological polar surface area (TPSA) is 28.2 Å². The Morgan fingerprint density at radius 3 is 2.89 bits per heavy atom. The Bertz CT molecular complexity index is 397. The minimum absolute atomic E-state index is 0.773. The monoisotopic (exact) mass is 259 g/mol. The van der Waals surface area contributed by atoms with Crippen LogP contribution in [-0.4, -0.2) is 29.0 Å². The van der Waals surface area contributed by atoms with Crippen LogP contribution in [0.15, 0.2) is 18.3 Å². The standard InChI is InChI=1S/C16H25N3/c1-13-3-2-8-19(11-13)12-16-5-4-14(10-18-16)9-17-15-6-7-15/h4-5,10,13,15,17H,2-3,6-9,11-12H2,1H3. The van der Waals surface area contributed by atoms with Crippen molar-refractivity contribution in [2.24, 2.45) is 5.92 Å². The second kappa shape index (κ2) is 6.02. The molecule has 0 spiro atoms. The fraction of sp³-hybridized carbons (Fsp3) is 0.688. The quantitative estimate of drug-likeness (QED) is 0.881. The normalized spacial score (nSPS) is 24.6. The lowest BCUT2D eigenvalue weighted by molar-refractivity contribution is 0.175. The zero-order valence-corrected chi connectivity index (χ0v) is 11.9. The van der Waals surface area contributed by atoms with Crippen LogP contribution in [0.4, 0.5) is 0 Å². The van der Waals surface area contributed by atoms with Gasteiger partial charge in [0.25, 0.3) is 0 Å². The third kappa shape index (κ3) is 4.02. The molecular weight excluding hydrogens is 234 g/mol. The Morgan fingerprint density at radius 1 is 1.32 bits per heavy atom. The predicted molar refractivity (Wildman–Crippen MR) is 77.8 cm³/mol. The zero-order chi connectivity index (χ0) is 13.1. The van der Waals surface area contributed by atoms with Crippen molar-refractivity contribution in [3.63, 3.8) is 0 Å². The van der Waals surface area contributed by atoms with Gasteiger partial charge in [-0.05, 0) is 49.8 Å². The molecule has 1 N–H and O–H groups in total. The van der Waals surface area contributed by atoms with Gasteiger partial charge in [0, 0.05) is 31.9 Å². The van der Waals surface area contributed by atoms with Crippen molar-refractivity contribution in [1.82, 2.24) is 15.2 Å². The number of piperidine rings is 1. The molecule has 19 heavy (non-hydrogen) atoms. The van der Waals surface area contributed by atoms with Crippen LogP contribution in [0.2, 0.25) is 0 Å². The lowest BCUT2D eigenvalue weighted by atomic mass is 10.0. The van der Waals surface area contributed by atoms with Crippen LogP contribution in [-0.2, 0) is 13.1 Å². The summed E-state index contributed by atoms with van der Waals surface area (Å²) in [6.45, 7) is 6.80. The summed E-state index contributed by atoms with van der Waals surface area (Å²) in [5.41, 5.74) is 2.52. The van der Waals surface area contributed by atoms with Crippen molar-refractivity contribution in [3.8, 4) is 0 Å². The first kappa shape index (κ1) is 13.1. The lowest BCUT2D eigenvalue weighted by Crippen LogP contribution is -2.33. The van der Waals surface area contributed by atoms with Gasteiger partial charge in [0.05, 0.1) is 5.69 Å². The van der Waals surface area contributed by atoms with Gasteiger partial charge >= 0.3 is 0 Å². The van der Waals surface area contributed by atoms with E-state index in [4.69, 9.17) is 0 Å². The SMILES string of the molecule is CC1CCCN(Cc2ccc(CNC3CC3)cn2)C1. The number of rotatable bonds is 5. The summed E-state index contributed by atoms with van der Waals surface area (Å²) in [6.07, 6.45) is 7.45. The van der Waals surface area contributed by atoms with Gasteiger partial charge in [-0.1, -0.05) is 13.0 Å². The number of hydrogen-bond acceptors (Lipinski definition) is 3. The van der Waals surface area contributed by atoms with Crippen molar-refractivity contribution in [2.45, 2.75) is 51.7 Å². The molecule has 1 aliphatic heterocycles. The van der Waals surface area contributed by atoms with Crippen LogP contribution in [0, 0.1) is 5.92 Å². The molecule has 1 saturated heterocycles. The molecule has 0 radical (unpaired) electrons. The van der Waals surface area contributed by atoms with Crippen LogP contribution in [0.25, 0.3) is 0 Å². The largest absolute Gasteiger partial charge is 0.310 e. The maximum Gasteiger partial charge on any atom is 0.0544 e. The van der Waals surface area contributed by atoms with Crippen molar-refractivity contribution in [1.29, 1.82) is 0 Å². The molecule has 2 aliphatic rings. The first-order valence-electron chi connectivity index (χ1n) is 7.69. The van der Waals surface area contributed by atoms with Gasteiger partial charge in [0.1, 0.15) is 0 Å². The summed E-state index contributed by atoms with van der Waals surface area (Å²) in [7, 11) is 0. The highest BCUT2D eigenvalue weighted by Crippen LogP contribution is 2.19. The molecular formula is C16H25N3. The highest BCUT2D eigenvalue weighted by Gasteiger charge is 2.20. The fourth-order valence-electron chi connectivity index (χ4n) is 2.86.